The lowest BCUT2D eigenvalue weighted by molar-refractivity contribution is 0.0526. The molecule has 1 aromatic heterocycles. The van der Waals surface area contributed by atoms with E-state index in [-0.39, 0.29) is 30.4 Å². The molecule has 2 aliphatic heterocycles. The van der Waals surface area contributed by atoms with E-state index in [0.717, 1.165) is 12.8 Å². The number of carbonyl (C=O) groups excluding carboxylic acids is 1. The molecule has 0 aliphatic carbocycles. The van der Waals surface area contributed by atoms with Crippen molar-refractivity contribution in [3.05, 3.63) is 41.9 Å². The number of likely N-dealkylation sites (tertiary alicyclic amines) is 1. The summed E-state index contributed by atoms with van der Waals surface area (Å²) in [5.74, 6) is 1.35. The normalized spacial score (nSPS) is 18.3. The Morgan fingerprint density at radius 1 is 1.27 bits per heavy atom. The summed E-state index contributed by atoms with van der Waals surface area (Å²) in [6.07, 6.45) is 4.29. The van der Waals surface area contributed by atoms with Crippen LogP contribution in [0.5, 0.6) is 17.4 Å². The van der Waals surface area contributed by atoms with Gasteiger partial charge in [-0.1, -0.05) is 0 Å². The molecule has 26 heavy (non-hydrogen) atoms. The maximum atomic E-state index is 12.8. The van der Waals surface area contributed by atoms with Crippen LogP contribution in [-0.4, -0.2) is 46.8 Å². The standard InChI is InChI=1S/C18H16N4O4/c19-9-14-17(21-6-5-20-14)26-13-2-1-7-22(10-13)18(23)12-3-4-15-16(8-12)25-11-24-15/h3-6,8,13H,1-2,7,10-11H2/t13-/m1/s1. The van der Waals surface area contributed by atoms with E-state index >= 15 is 0 Å². The van der Waals surface area contributed by atoms with Crippen molar-refractivity contribution in [1.29, 1.82) is 5.26 Å². The highest BCUT2D eigenvalue weighted by atomic mass is 16.7. The molecule has 132 valence electrons. The Morgan fingerprint density at radius 3 is 3.00 bits per heavy atom. The first-order valence-corrected chi connectivity index (χ1v) is 8.31. The molecule has 0 radical (unpaired) electrons. The summed E-state index contributed by atoms with van der Waals surface area (Å²) in [4.78, 5) is 22.6. The van der Waals surface area contributed by atoms with Crippen LogP contribution in [0.15, 0.2) is 30.6 Å². The number of fused-ring (bicyclic) bond motifs is 1. The van der Waals surface area contributed by atoms with E-state index in [1.165, 1.54) is 12.4 Å². The van der Waals surface area contributed by atoms with E-state index in [4.69, 9.17) is 19.5 Å². The van der Waals surface area contributed by atoms with Crippen molar-refractivity contribution in [2.45, 2.75) is 18.9 Å². The molecule has 0 bridgehead atoms. The average Bonchev–Trinajstić information content (AvgIpc) is 3.16. The molecule has 1 amide bonds. The summed E-state index contributed by atoms with van der Waals surface area (Å²) in [6, 6.07) is 7.14. The highest BCUT2D eigenvalue weighted by Crippen LogP contribution is 2.33. The summed E-state index contributed by atoms with van der Waals surface area (Å²) >= 11 is 0. The predicted octanol–water partition coefficient (Wildman–Crippen LogP) is 1.76. The van der Waals surface area contributed by atoms with E-state index < -0.39 is 0 Å². The van der Waals surface area contributed by atoms with Gasteiger partial charge in [0.05, 0.1) is 6.54 Å². The SMILES string of the molecule is N#Cc1nccnc1O[C@@H]1CCCN(C(=O)c2ccc3c(c2)OCO3)C1. The van der Waals surface area contributed by atoms with Crippen molar-refractivity contribution in [1.82, 2.24) is 14.9 Å². The van der Waals surface area contributed by atoms with Crippen molar-refractivity contribution >= 4 is 5.91 Å². The van der Waals surface area contributed by atoms with Crippen molar-refractivity contribution in [3.8, 4) is 23.4 Å². The van der Waals surface area contributed by atoms with Crippen molar-refractivity contribution < 1.29 is 19.0 Å². The number of nitrogens with zero attached hydrogens (tertiary/aromatic N) is 4. The smallest absolute Gasteiger partial charge is 0.254 e. The first kappa shape index (κ1) is 16.1. The molecular formula is C18H16N4O4. The van der Waals surface area contributed by atoms with Gasteiger partial charge in [0.2, 0.25) is 12.5 Å². The van der Waals surface area contributed by atoms with Crippen LogP contribution < -0.4 is 14.2 Å². The molecule has 0 N–H and O–H groups in total. The van der Waals surface area contributed by atoms with Crippen LogP contribution in [0.1, 0.15) is 28.9 Å². The van der Waals surface area contributed by atoms with Crippen LogP contribution in [-0.2, 0) is 0 Å². The molecule has 0 unspecified atom stereocenters. The van der Waals surface area contributed by atoms with Crippen molar-refractivity contribution in [3.63, 3.8) is 0 Å². The summed E-state index contributed by atoms with van der Waals surface area (Å²) in [5, 5.41) is 9.09. The first-order valence-electron chi connectivity index (χ1n) is 8.31. The van der Waals surface area contributed by atoms with Crippen LogP contribution in [0.4, 0.5) is 0 Å². The second-order valence-electron chi connectivity index (χ2n) is 6.02. The highest BCUT2D eigenvalue weighted by molar-refractivity contribution is 5.95. The minimum Gasteiger partial charge on any atom is -0.470 e. The molecule has 4 rings (SSSR count). The van der Waals surface area contributed by atoms with Gasteiger partial charge in [0.25, 0.3) is 11.8 Å². The summed E-state index contributed by atoms with van der Waals surface area (Å²) in [7, 11) is 0. The minimum absolute atomic E-state index is 0.0868. The number of piperidine rings is 1. The maximum absolute atomic E-state index is 12.8. The lowest BCUT2D eigenvalue weighted by Gasteiger charge is -2.32. The van der Waals surface area contributed by atoms with Crippen LogP contribution in [0.2, 0.25) is 0 Å². The van der Waals surface area contributed by atoms with Crippen LogP contribution in [0.25, 0.3) is 0 Å². The van der Waals surface area contributed by atoms with Gasteiger partial charge in [-0.15, -0.1) is 0 Å². The molecule has 0 spiro atoms. The quantitative estimate of drug-likeness (QED) is 0.830. The van der Waals surface area contributed by atoms with Gasteiger partial charge in [-0.3, -0.25) is 4.79 Å². The highest BCUT2D eigenvalue weighted by Gasteiger charge is 2.27. The van der Waals surface area contributed by atoms with Gasteiger partial charge in [0.15, 0.2) is 11.5 Å². The zero-order valence-electron chi connectivity index (χ0n) is 13.9. The summed E-state index contributed by atoms with van der Waals surface area (Å²) in [5.41, 5.74) is 0.693. The van der Waals surface area contributed by atoms with Gasteiger partial charge in [-0.05, 0) is 31.0 Å². The molecule has 2 aromatic rings. The zero-order chi connectivity index (χ0) is 17.9. The van der Waals surface area contributed by atoms with Crippen LogP contribution in [0, 0.1) is 11.3 Å². The van der Waals surface area contributed by atoms with E-state index in [9.17, 15) is 4.79 Å². The van der Waals surface area contributed by atoms with E-state index in [1.54, 1.807) is 23.1 Å². The second-order valence-corrected chi connectivity index (χ2v) is 6.02. The molecule has 3 heterocycles. The van der Waals surface area contributed by atoms with Gasteiger partial charge in [-0.2, -0.15) is 5.26 Å². The number of benzene rings is 1. The Morgan fingerprint density at radius 2 is 2.12 bits per heavy atom. The first-order chi connectivity index (χ1) is 12.7. The Kier molecular flexibility index (Phi) is 4.27. The largest absolute Gasteiger partial charge is 0.470 e. The molecule has 1 atom stereocenters. The number of rotatable bonds is 3. The Hall–Kier alpha value is -3.34. The minimum atomic E-state index is -0.231. The molecule has 0 saturated carbocycles. The fraction of sp³-hybridized carbons (Fsp3) is 0.333. The third kappa shape index (κ3) is 3.11. The number of hydrogen-bond acceptors (Lipinski definition) is 7. The topological polar surface area (TPSA) is 97.6 Å². The number of carbonyl (C=O) groups is 1. The number of aromatic nitrogens is 2. The fourth-order valence-electron chi connectivity index (χ4n) is 3.08. The van der Waals surface area contributed by atoms with E-state index in [1.807, 2.05) is 6.07 Å². The average molecular weight is 352 g/mol. The third-order valence-electron chi connectivity index (χ3n) is 4.33. The third-order valence-corrected chi connectivity index (χ3v) is 4.33. The van der Waals surface area contributed by atoms with E-state index in [2.05, 4.69) is 9.97 Å². The zero-order valence-corrected chi connectivity index (χ0v) is 13.9. The fourth-order valence-corrected chi connectivity index (χ4v) is 3.08. The summed E-state index contributed by atoms with van der Waals surface area (Å²) in [6.45, 7) is 1.25. The lowest BCUT2D eigenvalue weighted by Crippen LogP contribution is -2.44. The van der Waals surface area contributed by atoms with Crippen molar-refractivity contribution in [2.75, 3.05) is 19.9 Å². The second kappa shape index (κ2) is 6.88. The van der Waals surface area contributed by atoms with Gasteiger partial charge in [-0.25, -0.2) is 9.97 Å². The lowest BCUT2D eigenvalue weighted by atomic mass is 10.1. The number of amides is 1. The molecular weight excluding hydrogens is 336 g/mol. The van der Waals surface area contributed by atoms with Gasteiger partial charge >= 0.3 is 0 Å². The van der Waals surface area contributed by atoms with Gasteiger partial charge in [0, 0.05) is 24.5 Å². The number of ether oxygens (including phenoxy) is 3. The van der Waals surface area contributed by atoms with Crippen LogP contribution >= 0.6 is 0 Å². The predicted molar refractivity (Wildman–Crippen MR) is 88.9 cm³/mol. The molecule has 2 aliphatic rings. The molecule has 1 saturated heterocycles. The van der Waals surface area contributed by atoms with Gasteiger partial charge < -0.3 is 19.1 Å². The van der Waals surface area contributed by atoms with Crippen molar-refractivity contribution in [2.24, 2.45) is 0 Å². The maximum Gasteiger partial charge on any atom is 0.254 e. The Balaban J connectivity index is 1.46. The summed E-state index contributed by atoms with van der Waals surface area (Å²) < 4.78 is 16.4. The Bertz CT molecular complexity index is 880. The number of hydrogen-bond donors (Lipinski definition) is 0. The van der Waals surface area contributed by atoms with Crippen LogP contribution in [0.3, 0.4) is 0 Å². The Labute approximate surface area is 149 Å². The monoisotopic (exact) mass is 352 g/mol. The molecule has 1 fully saturated rings. The molecule has 1 aromatic carbocycles. The molecule has 8 nitrogen and oxygen atoms in total. The van der Waals surface area contributed by atoms with Gasteiger partial charge in [0.1, 0.15) is 12.2 Å². The number of nitriles is 1. The van der Waals surface area contributed by atoms with E-state index in [0.29, 0.717) is 30.2 Å². The molecule has 8 heteroatoms.